The van der Waals surface area contributed by atoms with Crippen molar-refractivity contribution >= 4 is 37.7 Å². The molecule has 1 N–H and O–H groups in total. The molecular weight excluding hydrogens is 298 g/mol. The maximum atomic E-state index is 12.1. The van der Waals surface area contributed by atoms with Crippen LogP contribution in [0.2, 0.25) is 0 Å². The third kappa shape index (κ3) is 3.56. The minimum absolute atomic E-state index is 0.101. The lowest BCUT2D eigenvalue weighted by Gasteiger charge is -2.17. The van der Waals surface area contributed by atoms with Crippen molar-refractivity contribution in [3.05, 3.63) is 35.2 Å². The second kappa shape index (κ2) is 5.90. The van der Waals surface area contributed by atoms with Gasteiger partial charge in [0.2, 0.25) is 6.41 Å². The second-order valence-electron chi connectivity index (χ2n) is 4.68. The van der Waals surface area contributed by atoms with Crippen molar-refractivity contribution in [3.8, 4) is 0 Å². The molecule has 0 saturated carbocycles. The van der Waals surface area contributed by atoms with E-state index >= 15 is 0 Å². The van der Waals surface area contributed by atoms with Gasteiger partial charge >= 0.3 is 0 Å². The number of benzene rings is 1. The summed E-state index contributed by atoms with van der Waals surface area (Å²) < 4.78 is 25.2. The van der Waals surface area contributed by atoms with Crippen LogP contribution in [0.4, 0.5) is 0 Å². The van der Waals surface area contributed by atoms with Crippen molar-refractivity contribution < 1.29 is 18.4 Å². The predicted octanol–water partition coefficient (Wildman–Crippen LogP) is 2.05. The molecular formula is C13H15NO4S2. The Balaban J connectivity index is 2.12. The van der Waals surface area contributed by atoms with Crippen molar-refractivity contribution in [1.82, 2.24) is 5.06 Å². The van der Waals surface area contributed by atoms with Gasteiger partial charge in [0, 0.05) is 4.70 Å². The normalized spacial score (nSPS) is 13.3. The van der Waals surface area contributed by atoms with E-state index < -0.39 is 15.9 Å². The second-order valence-corrected chi connectivity index (χ2v) is 7.74. The van der Waals surface area contributed by atoms with Gasteiger partial charge in [0.1, 0.15) is 0 Å². The summed E-state index contributed by atoms with van der Waals surface area (Å²) in [7, 11) is -3.40. The summed E-state index contributed by atoms with van der Waals surface area (Å²) in [5.74, 6) is -0.375. The molecule has 108 valence electrons. The number of carbonyl (C=O) groups is 1. The monoisotopic (exact) mass is 313 g/mol. The van der Waals surface area contributed by atoms with Crippen LogP contribution in [0.1, 0.15) is 12.5 Å². The van der Waals surface area contributed by atoms with E-state index in [0.29, 0.717) is 10.6 Å². The average Bonchev–Trinajstić information content (AvgIpc) is 2.83. The van der Waals surface area contributed by atoms with Gasteiger partial charge in [-0.1, -0.05) is 6.07 Å². The molecule has 0 bridgehead atoms. The van der Waals surface area contributed by atoms with Gasteiger partial charge in [0.05, 0.1) is 17.5 Å². The van der Waals surface area contributed by atoms with E-state index in [1.54, 1.807) is 17.4 Å². The topological polar surface area (TPSA) is 74.7 Å². The lowest BCUT2D eigenvalue weighted by atomic mass is 10.2. The van der Waals surface area contributed by atoms with E-state index in [2.05, 4.69) is 0 Å². The zero-order valence-corrected chi connectivity index (χ0v) is 12.5. The van der Waals surface area contributed by atoms with Crippen LogP contribution in [0.15, 0.2) is 29.6 Å². The molecule has 0 spiro atoms. The van der Waals surface area contributed by atoms with Crippen LogP contribution in [-0.4, -0.2) is 36.9 Å². The Hall–Kier alpha value is -1.44. The molecule has 0 aliphatic heterocycles. The number of thiophene rings is 1. The van der Waals surface area contributed by atoms with Crippen LogP contribution < -0.4 is 0 Å². The smallest absolute Gasteiger partial charge is 0.233 e. The Morgan fingerprint density at radius 1 is 1.40 bits per heavy atom. The molecule has 7 heteroatoms. The fourth-order valence-corrected chi connectivity index (χ4v) is 4.43. The minimum Gasteiger partial charge on any atom is -0.286 e. The van der Waals surface area contributed by atoms with Gasteiger partial charge in [-0.2, -0.15) is 0 Å². The van der Waals surface area contributed by atoms with Gasteiger partial charge in [-0.15, -0.1) is 11.3 Å². The highest BCUT2D eigenvalue weighted by atomic mass is 32.2. The maximum Gasteiger partial charge on any atom is 0.233 e. The highest BCUT2D eigenvalue weighted by Gasteiger charge is 2.20. The van der Waals surface area contributed by atoms with Gasteiger partial charge < -0.3 is 0 Å². The van der Waals surface area contributed by atoms with Crippen molar-refractivity contribution in [2.45, 2.75) is 18.7 Å². The molecule has 0 aliphatic rings. The first-order chi connectivity index (χ1) is 9.41. The van der Waals surface area contributed by atoms with Crippen LogP contribution in [0.3, 0.4) is 0 Å². The highest BCUT2D eigenvalue weighted by molar-refractivity contribution is 7.90. The molecule has 1 atom stereocenters. The SMILES string of the molecule is CC(CS(=O)(=O)Cc1ccc2sccc2c1)N(O)C=O. The Morgan fingerprint density at radius 2 is 2.15 bits per heavy atom. The van der Waals surface area contributed by atoms with E-state index in [4.69, 9.17) is 0 Å². The van der Waals surface area contributed by atoms with Crippen molar-refractivity contribution in [2.24, 2.45) is 0 Å². The molecule has 0 aliphatic carbocycles. The minimum atomic E-state index is -3.40. The molecule has 1 unspecified atom stereocenters. The molecule has 1 heterocycles. The van der Waals surface area contributed by atoms with Crippen molar-refractivity contribution in [1.29, 1.82) is 0 Å². The molecule has 0 radical (unpaired) electrons. The summed E-state index contributed by atoms with van der Waals surface area (Å²) in [5.41, 5.74) is 0.707. The fourth-order valence-electron chi connectivity index (χ4n) is 1.97. The van der Waals surface area contributed by atoms with E-state index in [-0.39, 0.29) is 17.9 Å². The summed E-state index contributed by atoms with van der Waals surface area (Å²) in [6, 6.07) is 6.73. The number of hydrogen-bond acceptors (Lipinski definition) is 5. The third-order valence-corrected chi connectivity index (χ3v) is 5.62. The first-order valence-corrected chi connectivity index (χ1v) is 8.70. The average molecular weight is 313 g/mol. The molecule has 1 aromatic heterocycles. The van der Waals surface area contributed by atoms with Gasteiger partial charge in [0.25, 0.3) is 0 Å². The number of carbonyl (C=O) groups excluding carboxylic acids is 1. The van der Waals surface area contributed by atoms with E-state index in [1.807, 2.05) is 23.6 Å². The van der Waals surface area contributed by atoms with Crippen molar-refractivity contribution in [3.63, 3.8) is 0 Å². The molecule has 0 saturated heterocycles. The summed E-state index contributed by atoms with van der Waals surface area (Å²) in [6.45, 7) is 1.48. The molecule has 1 amide bonds. The largest absolute Gasteiger partial charge is 0.286 e. The fraction of sp³-hybridized carbons (Fsp3) is 0.308. The number of nitrogens with zero attached hydrogens (tertiary/aromatic N) is 1. The predicted molar refractivity (Wildman–Crippen MR) is 78.5 cm³/mol. The number of hydroxylamine groups is 2. The Bertz CT molecular complexity index is 708. The van der Waals surface area contributed by atoms with E-state index in [0.717, 1.165) is 10.1 Å². The van der Waals surface area contributed by atoms with Crippen LogP contribution in [-0.2, 0) is 20.4 Å². The first kappa shape index (κ1) is 15.0. The van der Waals surface area contributed by atoms with Gasteiger partial charge in [-0.3, -0.25) is 10.0 Å². The molecule has 2 rings (SSSR count). The Morgan fingerprint density at radius 3 is 2.85 bits per heavy atom. The highest BCUT2D eigenvalue weighted by Crippen LogP contribution is 2.22. The Labute approximate surface area is 121 Å². The number of amides is 1. The summed E-state index contributed by atoms with van der Waals surface area (Å²) in [4.78, 5) is 10.4. The molecule has 5 nitrogen and oxygen atoms in total. The van der Waals surface area contributed by atoms with E-state index in [9.17, 15) is 18.4 Å². The van der Waals surface area contributed by atoms with Crippen LogP contribution in [0, 0.1) is 0 Å². The standard InChI is InChI=1S/C13H15NO4S2/c1-10(14(16)9-15)7-20(17,18)8-11-2-3-13-12(6-11)4-5-19-13/h2-6,9-10,16H,7-8H2,1H3. The molecule has 2 aromatic rings. The molecule has 20 heavy (non-hydrogen) atoms. The lowest BCUT2D eigenvalue weighted by molar-refractivity contribution is -0.156. The summed E-state index contributed by atoms with van der Waals surface area (Å²) in [5, 5.41) is 12.5. The number of rotatable bonds is 6. The van der Waals surface area contributed by atoms with Gasteiger partial charge in [-0.05, 0) is 41.5 Å². The molecule has 1 aromatic carbocycles. The third-order valence-electron chi connectivity index (χ3n) is 2.96. The lowest BCUT2D eigenvalue weighted by Crippen LogP contribution is -2.34. The van der Waals surface area contributed by atoms with E-state index in [1.165, 1.54) is 6.92 Å². The first-order valence-electron chi connectivity index (χ1n) is 6.00. The number of sulfone groups is 1. The maximum absolute atomic E-state index is 12.1. The Kier molecular flexibility index (Phi) is 4.42. The summed E-state index contributed by atoms with van der Waals surface area (Å²) >= 11 is 1.60. The quantitative estimate of drug-likeness (QED) is 0.503. The summed E-state index contributed by atoms with van der Waals surface area (Å²) in [6.07, 6.45) is 0.206. The van der Waals surface area contributed by atoms with Gasteiger partial charge in [-0.25, -0.2) is 13.5 Å². The zero-order valence-electron chi connectivity index (χ0n) is 10.9. The van der Waals surface area contributed by atoms with Gasteiger partial charge in [0.15, 0.2) is 9.84 Å². The molecule has 0 fully saturated rings. The van der Waals surface area contributed by atoms with Crippen LogP contribution in [0.25, 0.3) is 10.1 Å². The number of hydrogen-bond donors (Lipinski definition) is 1. The van der Waals surface area contributed by atoms with Crippen molar-refractivity contribution in [2.75, 3.05) is 5.75 Å². The van der Waals surface area contributed by atoms with Crippen LogP contribution in [0.5, 0.6) is 0 Å². The number of fused-ring (bicyclic) bond motifs is 1. The van der Waals surface area contributed by atoms with Crippen LogP contribution >= 0.6 is 11.3 Å². The zero-order chi connectivity index (χ0) is 14.8.